The Morgan fingerprint density at radius 2 is 1.54 bits per heavy atom. The van der Waals surface area contributed by atoms with E-state index in [-0.39, 0.29) is 5.92 Å². The van der Waals surface area contributed by atoms with E-state index < -0.39 is 0 Å². The molecule has 0 amide bonds. The second-order valence-corrected chi connectivity index (χ2v) is 12.3. The van der Waals surface area contributed by atoms with Crippen LogP contribution in [0.1, 0.15) is 29.2 Å². The quantitative estimate of drug-likeness (QED) is 0.163. The van der Waals surface area contributed by atoms with Crippen molar-refractivity contribution in [3.63, 3.8) is 0 Å². The minimum Gasteiger partial charge on any atom is -0.360 e. The van der Waals surface area contributed by atoms with E-state index in [1.54, 1.807) is 11.8 Å². The molecule has 0 aliphatic rings. The first-order chi connectivity index (χ1) is 19.1. The van der Waals surface area contributed by atoms with E-state index in [9.17, 15) is 0 Å². The van der Waals surface area contributed by atoms with Gasteiger partial charge in [0.1, 0.15) is 0 Å². The Balaban J connectivity index is 1.24. The lowest BCUT2D eigenvalue weighted by molar-refractivity contribution is 0.621. The number of hydrogen-bond acceptors (Lipinski definition) is 3. The summed E-state index contributed by atoms with van der Waals surface area (Å²) in [6.45, 7) is 2.76. The van der Waals surface area contributed by atoms with Crippen LogP contribution < -0.4 is 5.73 Å². The Hall–Kier alpha value is -3.09. The third kappa shape index (κ3) is 5.37. The fourth-order valence-electron chi connectivity index (χ4n) is 5.25. The fraction of sp³-hybridized carbons (Fsp3) is 0.152. The van der Waals surface area contributed by atoms with Crippen molar-refractivity contribution in [1.82, 2.24) is 9.97 Å². The number of halogens is 1. The minimum atomic E-state index is 0.264. The summed E-state index contributed by atoms with van der Waals surface area (Å²) >= 11 is 10.2. The van der Waals surface area contributed by atoms with Gasteiger partial charge in [0.15, 0.2) is 0 Å². The minimum absolute atomic E-state index is 0.264. The largest absolute Gasteiger partial charge is 0.360 e. The van der Waals surface area contributed by atoms with E-state index in [1.807, 2.05) is 23.9 Å². The summed E-state index contributed by atoms with van der Waals surface area (Å²) in [7, 11) is 0. The third-order valence-electron chi connectivity index (χ3n) is 7.26. The summed E-state index contributed by atoms with van der Waals surface area (Å²) in [5.41, 5.74) is 12.5. The van der Waals surface area contributed by atoms with Gasteiger partial charge in [-0.3, -0.25) is 0 Å². The van der Waals surface area contributed by atoms with Crippen LogP contribution in [0.5, 0.6) is 0 Å². The summed E-state index contributed by atoms with van der Waals surface area (Å²) in [4.78, 5) is 11.9. The van der Waals surface area contributed by atoms with Crippen molar-refractivity contribution in [3.05, 3.63) is 119 Å². The highest BCUT2D eigenvalue weighted by Gasteiger charge is 2.18. The first-order valence-corrected chi connectivity index (χ1v) is 15.2. The lowest BCUT2D eigenvalue weighted by Crippen LogP contribution is -2.14. The fourth-order valence-corrected chi connectivity index (χ4v) is 7.92. The van der Waals surface area contributed by atoms with Gasteiger partial charge in [0.05, 0.1) is 5.02 Å². The molecule has 0 bridgehead atoms. The molecule has 2 aromatic heterocycles. The molecule has 0 fully saturated rings. The first kappa shape index (κ1) is 26.1. The third-order valence-corrected chi connectivity index (χ3v) is 10.1. The molecule has 0 saturated carbocycles. The van der Waals surface area contributed by atoms with Gasteiger partial charge in [-0.05, 0) is 73.7 Å². The summed E-state index contributed by atoms with van der Waals surface area (Å²) in [6, 6.07) is 31.9. The summed E-state index contributed by atoms with van der Waals surface area (Å²) in [5, 5.41) is 3.12. The van der Waals surface area contributed by atoms with Crippen LogP contribution in [-0.2, 0) is 6.42 Å². The zero-order valence-electron chi connectivity index (χ0n) is 21.7. The molecule has 0 spiro atoms. The van der Waals surface area contributed by atoms with E-state index in [1.165, 1.54) is 42.4 Å². The van der Waals surface area contributed by atoms with Crippen molar-refractivity contribution in [2.45, 2.75) is 45.3 Å². The summed E-state index contributed by atoms with van der Waals surface area (Å²) in [5.74, 6) is 0.264. The second-order valence-electron chi connectivity index (χ2n) is 9.76. The Kier molecular flexibility index (Phi) is 7.76. The van der Waals surface area contributed by atoms with Gasteiger partial charge in [-0.1, -0.05) is 95.8 Å². The van der Waals surface area contributed by atoms with Crippen LogP contribution in [-0.4, -0.2) is 16.5 Å². The van der Waals surface area contributed by atoms with Crippen molar-refractivity contribution in [1.29, 1.82) is 0 Å². The molecule has 196 valence electrons. The Morgan fingerprint density at radius 1 is 0.795 bits per heavy atom. The number of aromatic nitrogens is 2. The zero-order chi connectivity index (χ0) is 26.8. The summed E-state index contributed by atoms with van der Waals surface area (Å²) in [6.07, 6.45) is 3.99. The number of hydrogen-bond donors (Lipinski definition) is 3. The molecule has 0 aliphatic heterocycles. The van der Waals surface area contributed by atoms with E-state index in [2.05, 4.69) is 102 Å². The lowest BCUT2D eigenvalue weighted by Gasteiger charge is -2.20. The monoisotopic (exact) mass is 567 g/mol. The highest BCUT2D eigenvalue weighted by Crippen LogP contribution is 2.42. The van der Waals surface area contributed by atoms with Gasteiger partial charge in [-0.15, -0.1) is 0 Å². The molecule has 0 aliphatic carbocycles. The van der Waals surface area contributed by atoms with Crippen LogP contribution in [0, 0.1) is 6.92 Å². The molecule has 2 heterocycles. The number of aryl methyl sites for hydroxylation is 2. The second kappa shape index (κ2) is 11.6. The predicted octanol–water partition coefficient (Wildman–Crippen LogP) is 9.59. The van der Waals surface area contributed by atoms with Gasteiger partial charge >= 0.3 is 0 Å². The number of aromatic amines is 2. The summed E-state index contributed by atoms with van der Waals surface area (Å²) < 4.78 is 0. The van der Waals surface area contributed by atoms with Crippen molar-refractivity contribution in [3.8, 4) is 0 Å². The van der Waals surface area contributed by atoms with Gasteiger partial charge < -0.3 is 15.7 Å². The molecule has 1 unspecified atom stereocenters. The van der Waals surface area contributed by atoms with Crippen LogP contribution in [0.25, 0.3) is 21.8 Å². The number of fused-ring (bicyclic) bond motifs is 2. The van der Waals surface area contributed by atoms with E-state index in [4.69, 9.17) is 17.3 Å². The molecular weight excluding hydrogens is 538 g/mol. The highest BCUT2D eigenvalue weighted by atomic mass is 35.5. The van der Waals surface area contributed by atoms with Crippen LogP contribution in [0.2, 0.25) is 5.02 Å². The molecule has 1 atom stereocenters. The molecule has 6 heteroatoms. The average Bonchev–Trinajstić information content (AvgIpc) is 3.51. The zero-order valence-corrected chi connectivity index (χ0v) is 24.1. The topological polar surface area (TPSA) is 57.6 Å². The average molecular weight is 568 g/mol. The van der Waals surface area contributed by atoms with Crippen molar-refractivity contribution in [2.75, 3.05) is 6.54 Å². The Bertz CT molecular complexity index is 1750. The lowest BCUT2D eigenvalue weighted by atomic mass is 9.92. The SMILES string of the molecule is Cc1[nH]c2ccccc2c1Sc1ccccc1C(CN)CCc1ccccc1Sc1c[nH]c2cccc(Cl)c12. The van der Waals surface area contributed by atoms with E-state index >= 15 is 0 Å². The molecular formula is C33H30ClN3S2. The predicted molar refractivity (Wildman–Crippen MR) is 168 cm³/mol. The Morgan fingerprint density at radius 3 is 2.41 bits per heavy atom. The van der Waals surface area contributed by atoms with Crippen molar-refractivity contribution in [2.24, 2.45) is 5.73 Å². The molecule has 6 aromatic rings. The van der Waals surface area contributed by atoms with E-state index in [0.29, 0.717) is 6.54 Å². The van der Waals surface area contributed by atoms with Gasteiger partial charge in [0, 0.05) is 53.3 Å². The molecule has 4 aromatic carbocycles. The van der Waals surface area contributed by atoms with Gasteiger partial charge in [-0.2, -0.15) is 0 Å². The maximum absolute atomic E-state index is 6.56. The number of benzene rings is 4. The van der Waals surface area contributed by atoms with Crippen LogP contribution >= 0.6 is 35.1 Å². The smallest absolute Gasteiger partial charge is 0.0511 e. The van der Waals surface area contributed by atoms with E-state index in [0.717, 1.165) is 33.7 Å². The number of nitrogens with one attached hydrogen (secondary N) is 2. The number of rotatable bonds is 9. The van der Waals surface area contributed by atoms with Crippen LogP contribution in [0.4, 0.5) is 0 Å². The standard InChI is InChI=1S/C33H30ClN3S2/c1-21-33(25-11-3-5-13-27(25)37-21)39-30-16-7-4-10-24(30)23(19-35)18-17-22-9-2-6-15-29(22)38-31-20-36-28-14-8-12-26(34)32(28)31/h2-16,20,23,36-37H,17-19,35H2,1H3. The molecule has 0 saturated heterocycles. The maximum Gasteiger partial charge on any atom is 0.0511 e. The molecule has 4 N–H and O–H groups in total. The van der Waals surface area contributed by atoms with Crippen molar-refractivity contribution >= 4 is 56.9 Å². The highest BCUT2D eigenvalue weighted by molar-refractivity contribution is 8.00. The maximum atomic E-state index is 6.56. The van der Waals surface area contributed by atoms with Crippen LogP contribution in [0.15, 0.2) is 117 Å². The van der Waals surface area contributed by atoms with Gasteiger partial charge in [-0.25, -0.2) is 0 Å². The molecule has 6 rings (SSSR count). The molecule has 3 nitrogen and oxygen atoms in total. The Labute approximate surface area is 242 Å². The van der Waals surface area contributed by atoms with Gasteiger partial charge in [0.25, 0.3) is 0 Å². The first-order valence-electron chi connectivity index (χ1n) is 13.2. The normalized spacial score (nSPS) is 12.4. The molecule has 0 radical (unpaired) electrons. The molecule has 39 heavy (non-hydrogen) atoms. The number of H-pyrrole nitrogens is 2. The van der Waals surface area contributed by atoms with Gasteiger partial charge in [0.2, 0.25) is 0 Å². The number of para-hydroxylation sites is 1. The number of nitrogens with two attached hydrogens (primary N) is 1. The van der Waals surface area contributed by atoms with Crippen molar-refractivity contribution < 1.29 is 0 Å². The van der Waals surface area contributed by atoms with Crippen LogP contribution in [0.3, 0.4) is 0 Å².